The molecule has 3 nitrogen and oxygen atoms in total. The van der Waals surface area contributed by atoms with Gasteiger partial charge < -0.3 is 10.6 Å². The molecule has 0 atom stereocenters. The SMILES string of the molecule is Nc1ccc2c(c1)CN(C(=O)c1cc(Cl)ccc1I)C2. The number of amides is 1. The number of hydrogen-bond acceptors (Lipinski definition) is 2. The molecule has 0 spiro atoms. The van der Waals surface area contributed by atoms with E-state index in [1.165, 1.54) is 0 Å². The fourth-order valence-electron chi connectivity index (χ4n) is 2.39. The molecule has 20 heavy (non-hydrogen) atoms. The van der Waals surface area contributed by atoms with E-state index in [0.717, 1.165) is 20.4 Å². The fourth-order valence-corrected chi connectivity index (χ4v) is 3.13. The summed E-state index contributed by atoms with van der Waals surface area (Å²) < 4.78 is 0.910. The highest BCUT2D eigenvalue weighted by Crippen LogP contribution is 2.28. The molecule has 2 aromatic rings. The van der Waals surface area contributed by atoms with Gasteiger partial charge in [-0.05, 0) is 64.0 Å². The predicted octanol–water partition coefficient (Wildman–Crippen LogP) is 3.68. The Labute approximate surface area is 135 Å². The van der Waals surface area contributed by atoms with Gasteiger partial charge in [-0.3, -0.25) is 4.79 Å². The quantitative estimate of drug-likeness (QED) is 0.588. The van der Waals surface area contributed by atoms with Crippen LogP contribution in [0.3, 0.4) is 0 Å². The third-order valence-corrected chi connectivity index (χ3v) is 4.57. The Kier molecular flexibility index (Phi) is 3.60. The number of benzene rings is 2. The first-order valence-electron chi connectivity index (χ1n) is 6.16. The highest BCUT2D eigenvalue weighted by atomic mass is 127. The summed E-state index contributed by atoms with van der Waals surface area (Å²) in [4.78, 5) is 14.4. The van der Waals surface area contributed by atoms with Gasteiger partial charge in [0.2, 0.25) is 0 Å². The zero-order valence-electron chi connectivity index (χ0n) is 10.6. The van der Waals surface area contributed by atoms with E-state index in [1.54, 1.807) is 12.1 Å². The summed E-state index contributed by atoms with van der Waals surface area (Å²) >= 11 is 8.14. The molecule has 0 fully saturated rings. The number of nitrogen functional groups attached to an aromatic ring is 1. The van der Waals surface area contributed by atoms with Crippen LogP contribution in [-0.2, 0) is 13.1 Å². The van der Waals surface area contributed by atoms with Crippen molar-refractivity contribution in [3.05, 3.63) is 61.7 Å². The monoisotopic (exact) mass is 398 g/mol. The van der Waals surface area contributed by atoms with Crippen molar-refractivity contribution in [2.24, 2.45) is 0 Å². The average Bonchev–Trinajstić information content (AvgIpc) is 2.83. The van der Waals surface area contributed by atoms with E-state index in [-0.39, 0.29) is 5.91 Å². The van der Waals surface area contributed by atoms with Gasteiger partial charge >= 0.3 is 0 Å². The number of carbonyl (C=O) groups is 1. The summed E-state index contributed by atoms with van der Waals surface area (Å²) in [5, 5.41) is 0.578. The maximum Gasteiger partial charge on any atom is 0.255 e. The van der Waals surface area contributed by atoms with Crippen molar-refractivity contribution in [3.8, 4) is 0 Å². The molecule has 0 saturated heterocycles. The summed E-state index contributed by atoms with van der Waals surface area (Å²) in [5.41, 5.74) is 9.45. The van der Waals surface area contributed by atoms with Crippen LogP contribution in [0.1, 0.15) is 21.5 Å². The highest BCUT2D eigenvalue weighted by molar-refractivity contribution is 14.1. The minimum atomic E-state index is 0.00618. The van der Waals surface area contributed by atoms with Gasteiger partial charge in [0.15, 0.2) is 0 Å². The number of hydrogen-bond donors (Lipinski definition) is 1. The molecular weight excluding hydrogens is 387 g/mol. The molecule has 2 N–H and O–H groups in total. The van der Waals surface area contributed by atoms with Gasteiger partial charge in [0.05, 0.1) is 5.56 Å². The molecule has 0 bridgehead atoms. The van der Waals surface area contributed by atoms with Crippen molar-refractivity contribution in [2.75, 3.05) is 5.73 Å². The Morgan fingerprint density at radius 2 is 1.90 bits per heavy atom. The van der Waals surface area contributed by atoms with Crippen LogP contribution < -0.4 is 5.73 Å². The average molecular weight is 399 g/mol. The van der Waals surface area contributed by atoms with Gasteiger partial charge in [-0.1, -0.05) is 17.7 Å². The number of nitrogens with zero attached hydrogens (tertiary/aromatic N) is 1. The molecule has 1 aliphatic rings. The van der Waals surface area contributed by atoms with E-state index in [0.29, 0.717) is 23.7 Å². The third kappa shape index (κ3) is 2.50. The molecular formula is C15H12ClIN2O. The van der Waals surface area contributed by atoms with E-state index in [9.17, 15) is 4.79 Å². The minimum Gasteiger partial charge on any atom is -0.399 e. The standard InChI is InChI=1S/C15H12ClIN2O/c16-11-2-4-14(17)13(6-11)15(20)19-7-9-1-3-12(18)5-10(9)8-19/h1-6H,7-8,18H2. The third-order valence-electron chi connectivity index (χ3n) is 3.40. The van der Waals surface area contributed by atoms with Crippen molar-refractivity contribution in [2.45, 2.75) is 13.1 Å². The van der Waals surface area contributed by atoms with E-state index >= 15 is 0 Å². The van der Waals surface area contributed by atoms with Gasteiger partial charge in [-0.25, -0.2) is 0 Å². The number of halogens is 2. The largest absolute Gasteiger partial charge is 0.399 e. The lowest BCUT2D eigenvalue weighted by Gasteiger charge is -2.16. The van der Waals surface area contributed by atoms with Crippen LogP contribution in [0.25, 0.3) is 0 Å². The second kappa shape index (κ2) is 5.26. The summed E-state index contributed by atoms with van der Waals surface area (Å²) in [5.74, 6) is 0.00618. The van der Waals surface area contributed by atoms with Crippen LogP contribution >= 0.6 is 34.2 Å². The van der Waals surface area contributed by atoms with E-state index in [2.05, 4.69) is 22.6 Å². The Hall–Kier alpha value is -1.27. The summed E-state index contributed by atoms with van der Waals surface area (Å²) in [7, 11) is 0. The lowest BCUT2D eigenvalue weighted by molar-refractivity contribution is 0.0750. The number of carbonyl (C=O) groups excluding carboxylic acids is 1. The Balaban J connectivity index is 1.89. The number of anilines is 1. The smallest absolute Gasteiger partial charge is 0.255 e. The second-order valence-electron chi connectivity index (χ2n) is 4.81. The molecule has 0 radical (unpaired) electrons. The van der Waals surface area contributed by atoms with Gasteiger partial charge in [0.25, 0.3) is 5.91 Å². The van der Waals surface area contributed by atoms with Crippen LogP contribution in [-0.4, -0.2) is 10.8 Å². The van der Waals surface area contributed by atoms with Crippen LogP contribution in [0.15, 0.2) is 36.4 Å². The van der Waals surface area contributed by atoms with Crippen molar-refractivity contribution in [3.63, 3.8) is 0 Å². The molecule has 0 saturated carbocycles. The molecule has 1 heterocycles. The van der Waals surface area contributed by atoms with Crippen LogP contribution in [0.5, 0.6) is 0 Å². The second-order valence-corrected chi connectivity index (χ2v) is 6.41. The molecule has 102 valence electrons. The van der Waals surface area contributed by atoms with Crippen molar-refractivity contribution < 1.29 is 4.79 Å². The molecule has 3 rings (SSSR count). The zero-order valence-corrected chi connectivity index (χ0v) is 13.5. The Morgan fingerprint density at radius 3 is 2.70 bits per heavy atom. The van der Waals surface area contributed by atoms with E-state index in [4.69, 9.17) is 17.3 Å². The van der Waals surface area contributed by atoms with E-state index in [1.807, 2.05) is 29.2 Å². The zero-order chi connectivity index (χ0) is 14.3. The topological polar surface area (TPSA) is 46.3 Å². The first-order chi connectivity index (χ1) is 9.54. The predicted molar refractivity (Wildman–Crippen MR) is 88.6 cm³/mol. The van der Waals surface area contributed by atoms with Gasteiger partial charge in [0.1, 0.15) is 0 Å². The number of nitrogens with two attached hydrogens (primary N) is 1. The Bertz CT molecular complexity index is 702. The van der Waals surface area contributed by atoms with Gasteiger partial charge in [-0.15, -0.1) is 0 Å². The number of fused-ring (bicyclic) bond motifs is 1. The lowest BCUT2D eigenvalue weighted by Crippen LogP contribution is -2.26. The van der Waals surface area contributed by atoms with Crippen molar-refractivity contribution in [1.82, 2.24) is 4.90 Å². The first-order valence-corrected chi connectivity index (χ1v) is 7.62. The van der Waals surface area contributed by atoms with E-state index < -0.39 is 0 Å². The summed E-state index contributed by atoms with van der Waals surface area (Å²) in [6.07, 6.45) is 0. The molecule has 0 unspecified atom stereocenters. The Morgan fingerprint density at radius 1 is 1.15 bits per heavy atom. The number of rotatable bonds is 1. The fraction of sp³-hybridized carbons (Fsp3) is 0.133. The van der Waals surface area contributed by atoms with Crippen LogP contribution in [0, 0.1) is 3.57 Å². The van der Waals surface area contributed by atoms with Gasteiger partial charge in [0, 0.05) is 27.4 Å². The summed E-state index contributed by atoms with van der Waals surface area (Å²) in [6.45, 7) is 1.22. The molecule has 0 aromatic heterocycles. The van der Waals surface area contributed by atoms with Crippen molar-refractivity contribution >= 4 is 45.8 Å². The minimum absolute atomic E-state index is 0.00618. The maximum absolute atomic E-state index is 12.6. The van der Waals surface area contributed by atoms with Crippen molar-refractivity contribution in [1.29, 1.82) is 0 Å². The highest BCUT2D eigenvalue weighted by Gasteiger charge is 2.25. The molecule has 0 aliphatic carbocycles. The van der Waals surface area contributed by atoms with Gasteiger partial charge in [-0.2, -0.15) is 0 Å². The molecule has 5 heteroatoms. The molecule has 2 aromatic carbocycles. The molecule has 1 aliphatic heterocycles. The summed E-state index contributed by atoms with van der Waals surface area (Å²) in [6, 6.07) is 11.2. The van der Waals surface area contributed by atoms with Crippen LogP contribution in [0.4, 0.5) is 5.69 Å². The van der Waals surface area contributed by atoms with Crippen LogP contribution in [0.2, 0.25) is 5.02 Å². The normalized spacial score (nSPS) is 13.4. The maximum atomic E-state index is 12.6. The lowest BCUT2D eigenvalue weighted by atomic mass is 10.1. The first kappa shape index (κ1) is 13.7. The molecule has 1 amide bonds.